The van der Waals surface area contributed by atoms with Crippen molar-refractivity contribution in [2.45, 2.75) is 39.2 Å². The Bertz CT molecular complexity index is 818. The van der Waals surface area contributed by atoms with Crippen LogP contribution in [0.1, 0.15) is 47.6 Å². The van der Waals surface area contributed by atoms with Gasteiger partial charge in [-0.05, 0) is 38.3 Å². The maximum atomic E-state index is 12.7. The van der Waals surface area contributed by atoms with Crippen molar-refractivity contribution in [1.82, 2.24) is 19.8 Å². The first-order chi connectivity index (χ1) is 13.0. The molecule has 7 heteroatoms. The van der Waals surface area contributed by atoms with Gasteiger partial charge in [0.2, 0.25) is 5.91 Å². The molecular weight excluding hydrogens is 344 g/mol. The number of piperidine rings is 2. The maximum absolute atomic E-state index is 12.7. The number of amides is 2. The number of hydrogen-bond acceptors (Lipinski definition) is 5. The molecule has 4 rings (SSSR count). The van der Waals surface area contributed by atoms with Gasteiger partial charge in [-0.15, -0.1) is 0 Å². The lowest BCUT2D eigenvalue weighted by Crippen LogP contribution is -2.54. The molecule has 2 aliphatic heterocycles. The highest BCUT2D eigenvalue weighted by atomic mass is 16.3. The van der Waals surface area contributed by atoms with E-state index in [2.05, 4.69) is 9.97 Å². The van der Waals surface area contributed by atoms with Crippen LogP contribution in [0, 0.1) is 12.3 Å². The smallest absolute Gasteiger partial charge is 0.289 e. The van der Waals surface area contributed by atoms with Gasteiger partial charge in [0.25, 0.3) is 5.91 Å². The summed E-state index contributed by atoms with van der Waals surface area (Å²) >= 11 is 0. The van der Waals surface area contributed by atoms with Crippen LogP contribution in [0.2, 0.25) is 0 Å². The Balaban J connectivity index is 1.47. The highest BCUT2D eigenvalue weighted by Crippen LogP contribution is 2.39. The van der Waals surface area contributed by atoms with Crippen molar-refractivity contribution < 1.29 is 14.0 Å². The van der Waals surface area contributed by atoms with Gasteiger partial charge < -0.3 is 14.2 Å². The molecule has 2 fully saturated rings. The molecule has 2 aromatic rings. The second-order valence-corrected chi connectivity index (χ2v) is 7.71. The summed E-state index contributed by atoms with van der Waals surface area (Å²) in [6.07, 6.45) is 8.29. The zero-order chi connectivity index (χ0) is 18.9. The van der Waals surface area contributed by atoms with Crippen molar-refractivity contribution in [2.75, 3.05) is 19.6 Å². The van der Waals surface area contributed by atoms with Gasteiger partial charge in [0.15, 0.2) is 5.76 Å². The van der Waals surface area contributed by atoms with Gasteiger partial charge in [0.05, 0.1) is 30.4 Å². The summed E-state index contributed by atoms with van der Waals surface area (Å²) in [5, 5.41) is 0. The minimum Gasteiger partial charge on any atom is -0.459 e. The Hall–Kier alpha value is -2.70. The van der Waals surface area contributed by atoms with Crippen LogP contribution in [0.5, 0.6) is 0 Å². The van der Waals surface area contributed by atoms with E-state index < -0.39 is 0 Å². The predicted octanol–water partition coefficient (Wildman–Crippen LogP) is 2.42. The van der Waals surface area contributed by atoms with Gasteiger partial charge in [-0.25, -0.2) is 0 Å². The minimum absolute atomic E-state index is 0.0491. The Labute approximate surface area is 158 Å². The summed E-state index contributed by atoms with van der Waals surface area (Å²) in [6.45, 7) is 4.42. The summed E-state index contributed by atoms with van der Waals surface area (Å²) in [7, 11) is 0. The topological polar surface area (TPSA) is 79.5 Å². The fourth-order valence-corrected chi connectivity index (χ4v) is 4.21. The summed E-state index contributed by atoms with van der Waals surface area (Å²) in [5.74, 6) is 0.468. The third-order valence-corrected chi connectivity index (χ3v) is 5.62. The van der Waals surface area contributed by atoms with Crippen LogP contribution in [-0.4, -0.2) is 51.2 Å². The predicted molar refractivity (Wildman–Crippen MR) is 97.7 cm³/mol. The van der Waals surface area contributed by atoms with Crippen molar-refractivity contribution in [3.63, 3.8) is 0 Å². The molecule has 2 saturated heterocycles. The monoisotopic (exact) mass is 368 g/mol. The zero-order valence-corrected chi connectivity index (χ0v) is 15.6. The van der Waals surface area contributed by atoms with Gasteiger partial charge in [-0.1, -0.05) is 0 Å². The molecule has 1 unspecified atom stereocenters. The molecule has 2 aliphatic rings. The molecule has 0 aromatic carbocycles. The largest absolute Gasteiger partial charge is 0.459 e. The average Bonchev–Trinajstić information content (AvgIpc) is 3.21. The number of likely N-dealkylation sites (tertiary alicyclic amines) is 2. The fourth-order valence-electron chi connectivity index (χ4n) is 4.21. The van der Waals surface area contributed by atoms with Crippen molar-refractivity contribution >= 4 is 11.8 Å². The first-order valence-electron chi connectivity index (χ1n) is 9.43. The Kier molecular flexibility index (Phi) is 4.68. The summed E-state index contributed by atoms with van der Waals surface area (Å²) in [6, 6.07) is 3.44. The average molecular weight is 368 g/mol. The van der Waals surface area contributed by atoms with Crippen LogP contribution in [0.4, 0.5) is 0 Å². The van der Waals surface area contributed by atoms with Crippen LogP contribution in [0.3, 0.4) is 0 Å². The molecule has 0 saturated carbocycles. The fraction of sp³-hybridized carbons (Fsp3) is 0.500. The van der Waals surface area contributed by atoms with Crippen LogP contribution in [0.15, 0.2) is 35.2 Å². The van der Waals surface area contributed by atoms with Crippen LogP contribution >= 0.6 is 0 Å². The number of carbonyl (C=O) groups excluding carboxylic acids is 2. The SMILES string of the molecule is Cc1cnc(CN2CC3(CCCN(C(=O)c4ccco4)C3)CCC2=O)cn1. The number of nitrogens with zero attached hydrogens (tertiary/aromatic N) is 4. The molecule has 2 amide bonds. The quantitative estimate of drug-likeness (QED) is 0.831. The third-order valence-electron chi connectivity index (χ3n) is 5.62. The lowest BCUT2D eigenvalue weighted by Gasteiger charge is -2.48. The second-order valence-electron chi connectivity index (χ2n) is 7.71. The van der Waals surface area contributed by atoms with E-state index in [-0.39, 0.29) is 17.2 Å². The van der Waals surface area contributed by atoms with E-state index in [1.165, 1.54) is 6.26 Å². The van der Waals surface area contributed by atoms with E-state index >= 15 is 0 Å². The van der Waals surface area contributed by atoms with E-state index in [9.17, 15) is 9.59 Å². The van der Waals surface area contributed by atoms with Gasteiger partial charge in [0.1, 0.15) is 0 Å². The summed E-state index contributed by atoms with van der Waals surface area (Å²) in [5.41, 5.74) is 1.61. The molecule has 7 nitrogen and oxygen atoms in total. The normalized spacial score (nSPS) is 23.1. The van der Waals surface area contributed by atoms with E-state index in [4.69, 9.17) is 4.42 Å². The minimum atomic E-state index is -0.0630. The molecule has 0 N–H and O–H groups in total. The van der Waals surface area contributed by atoms with Crippen LogP contribution in [0.25, 0.3) is 0 Å². The number of aromatic nitrogens is 2. The van der Waals surface area contributed by atoms with Crippen LogP contribution < -0.4 is 0 Å². The van der Waals surface area contributed by atoms with E-state index in [0.717, 1.165) is 37.2 Å². The molecule has 2 aromatic heterocycles. The number of aryl methyl sites for hydroxylation is 1. The molecule has 27 heavy (non-hydrogen) atoms. The molecular formula is C20H24N4O3. The molecule has 0 radical (unpaired) electrons. The number of carbonyl (C=O) groups is 2. The van der Waals surface area contributed by atoms with Gasteiger partial charge in [-0.3, -0.25) is 19.6 Å². The first kappa shape index (κ1) is 17.7. The second kappa shape index (κ2) is 7.13. The molecule has 0 bridgehead atoms. The molecule has 1 atom stereocenters. The van der Waals surface area contributed by atoms with E-state index in [1.807, 2.05) is 16.7 Å². The summed E-state index contributed by atoms with van der Waals surface area (Å²) < 4.78 is 5.28. The lowest BCUT2D eigenvalue weighted by atomic mass is 9.73. The van der Waals surface area contributed by atoms with E-state index in [0.29, 0.717) is 31.8 Å². The van der Waals surface area contributed by atoms with Gasteiger partial charge in [0, 0.05) is 37.7 Å². The summed E-state index contributed by atoms with van der Waals surface area (Å²) in [4.78, 5) is 37.6. The zero-order valence-electron chi connectivity index (χ0n) is 15.6. The van der Waals surface area contributed by atoms with Gasteiger partial charge >= 0.3 is 0 Å². The highest BCUT2D eigenvalue weighted by molar-refractivity contribution is 5.91. The Morgan fingerprint density at radius 1 is 1.26 bits per heavy atom. The Morgan fingerprint density at radius 2 is 2.15 bits per heavy atom. The molecule has 0 aliphatic carbocycles. The number of hydrogen-bond donors (Lipinski definition) is 0. The van der Waals surface area contributed by atoms with Crippen molar-refractivity contribution in [1.29, 1.82) is 0 Å². The molecule has 1 spiro atoms. The standard InChI is InChI=1S/C20H24N4O3/c1-15-10-22-16(11-21-15)12-24-14-20(7-5-18(24)25)6-3-8-23(13-20)19(26)17-4-2-9-27-17/h2,4,9-11H,3,5-8,12-14H2,1H3. The van der Waals surface area contributed by atoms with Crippen molar-refractivity contribution in [3.8, 4) is 0 Å². The van der Waals surface area contributed by atoms with Crippen LogP contribution in [-0.2, 0) is 11.3 Å². The van der Waals surface area contributed by atoms with Crippen molar-refractivity contribution in [3.05, 3.63) is 47.9 Å². The third kappa shape index (κ3) is 3.72. The first-order valence-corrected chi connectivity index (χ1v) is 9.43. The molecule has 142 valence electrons. The Morgan fingerprint density at radius 3 is 2.89 bits per heavy atom. The van der Waals surface area contributed by atoms with Gasteiger partial charge in [-0.2, -0.15) is 0 Å². The molecule has 4 heterocycles. The number of furan rings is 1. The van der Waals surface area contributed by atoms with E-state index in [1.54, 1.807) is 24.5 Å². The highest BCUT2D eigenvalue weighted by Gasteiger charge is 2.43. The lowest BCUT2D eigenvalue weighted by molar-refractivity contribution is -0.139. The maximum Gasteiger partial charge on any atom is 0.289 e. The number of rotatable bonds is 3. The van der Waals surface area contributed by atoms with Crippen molar-refractivity contribution in [2.24, 2.45) is 5.41 Å².